The maximum absolute atomic E-state index is 13.6. The third-order valence-corrected chi connectivity index (χ3v) is 8.05. The van der Waals surface area contributed by atoms with Crippen LogP contribution in [0.4, 0.5) is 0 Å². The number of aromatic hydroxyl groups is 2. The van der Waals surface area contributed by atoms with Crippen LogP contribution in [-0.2, 0) is 6.42 Å². The molecule has 0 fully saturated rings. The van der Waals surface area contributed by atoms with Crippen molar-refractivity contribution in [2.75, 3.05) is 0 Å². The molecule has 0 saturated heterocycles. The van der Waals surface area contributed by atoms with Crippen LogP contribution < -0.4 is 0 Å². The van der Waals surface area contributed by atoms with Gasteiger partial charge in [0.1, 0.15) is 11.5 Å². The number of halogens is 1. The summed E-state index contributed by atoms with van der Waals surface area (Å²) in [5, 5.41) is 22.0. The first kappa shape index (κ1) is 23.5. The Morgan fingerprint density at radius 2 is 1.49 bits per heavy atom. The van der Waals surface area contributed by atoms with Gasteiger partial charge in [0.25, 0.3) is 0 Å². The minimum absolute atomic E-state index is 0.0123. The van der Waals surface area contributed by atoms with Crippen LogP contribution in [0.25, 0.3) is 21.9 Å². The van der Waals surface area contributed by atoms with Gasteiger partial charge in [-0.25, -0.2) is 0 Å². The molecular weight excluding hydrogens is 524 g/mol. The maximum Gasteiger partial charge on any atom is 0.193 e. The van der Waals surface area contributed by atoms with E-state index >= 15 is 0 Å². The smallest absolute Gasteiger partial charge is 0.193 e. The molecule has 1 atom stereocenters. The van der Waals surface area contributed by atoms with Crippen LogP contribution in [0.15, 0.2) is 95.5 Å². The molecule has 0 radical (unpaired) electrons. The number of carbonyl (C=O) groups is 1. The number of phenolic OH excluding ortho intramolecular Hbond substituents is 2. The predicted molar refractivity (Wildman–Crippen MR) is 152 cm³/mol. The van der Waals surface area contributed by atoms with Gasteiger partial charge in [-0.15, -0.1) is 0 Å². The van der Waals surface area contributed by atoms with Crippen molar-refractivity contribution in [1.29, 1.82) is 0 Å². The van der Waals surface area contributed by atoms with Gasteiger partial charge in [0.15, 0.2) is 5.78 Å². The molecule has 1 unspecified atom stereocenters. The molecule has 0 bridgehead atoms. The molecule has 0 saturated carbocycles. The number of carbonyl (C=O) groups excluding carboxylic acids is 1. The van der Waals surface area contributed by atoms with Crippen molar-refractivity contribution in [3.63, 3.8) is 0 Å². The molecule has 1 aliphatic rings. The molecule has 5 aromatic carbocycles. The van der Waals surface area contributed by atoms with Gasteiger partial charge in [0, 0.05) is 21.5 Å². The van der Waals surface area contributed by atoms with Crippen LogP contribution in [0.2, 0.25) is 0 Å². The van der Waals surface area contributed by atoms with Gasteiger partial charge in [0.05, 0.1) is 0 Å². The molecule has 37 heavy (non-hydrogen) atoms. The monoisotopic (exact) mass is 548 g/mol. The Labute approximate surface area is 224 Å². The van der Waals surface area contributed by atoms with E-state index in [-0.39, 0.29) is 23.2 Å². The largest absolute Gasteiger partial charge is 0.508 e. The molecule has 5 aromatic rings. The Balaban J connectivity index is 1.51. The van der Waals surface area contributed by atoms with E-state index in [1.54, 1.807) is 24.3 Å². The molecule has 182 valence electrons. The molecular formula is C33H25BrO3. The minimum Gasteiger partial charge on any atom is -0.508 e. The quantitative estimate of drug-likeness (QED) is 0.213. The molecule has 3 nitrogen and oxygen atoms in total. The van der Waals surface area contributed by atoms with Gasteiger partial charge >= 0.3 is 0 Å². The highest BCUT2D eigenvalue weighted by Gasteiger charge is 2.32. The number of hydrogen-bond acceptors (Lipinski definition) is 3. The molecule has 0 heterocycles. The summed E-state index contributed by atoms with van der Waals surface area (Å²) in [6.07, 6.45) is 2.01. The maximum atomic E-state index is 13.6. The van der Waals surface area contributed by atoms with Crippen LogP contribution in [0.5, 0.6) is 11.5 Å². The fourth-order valence-corrected chi connectivity index (χ4v) is 6.15. The zero-order valence-electron chi connectivity index (χ0n) is 20.3. The molecule has 0 aliphatic heterocycles. The lowest BCUT2D eigenvalue weighted by Crippen LogP contribution is -2.05. The Morgan fingerprint density at radius 1 is 0.784 bits per heavy atom. The number of ketones is 1. The number of benzene rings is 5. The molecule has 2 N–H and O–H groups in total. The topological polar surface area (TPSA) is 57.5 Å². The zero-order valence-corrected chi connectivity index (χ0v) is 21.9. The van der Waals surface area contributed by atoms with E-state index < -0.39 is 0 Å². The lowest BCUT2D eigenvalue weighted by Gasteiger charge is -2.17. The summed E-state index contributed by atoms with van der Waals surface area (Å²) in [5.41, 5.74) is 7.97. The third-order valence-electron chi connectivity index (χ3n) is 7.31. The van der Waals surface area contributed by atoms with Crippen molar-refractivity contribution in [2.24, 2.45) is 0 Å². The average Bonchev–Trinajstić information content (AvgIpc) is 3.23. The van der Waals surface area contributed by atoms with Crippen molar-refractivity contribution < 1.29 is 15.0 Å². The van der Waals surface area contributed by atoms with E-state index in [1.807, 2.05) is 54.6 Å². The molecule has 0 aromatic heterocycles. The van der Waals surface area contributed by atoms with Crippen molar-refractivity contribution in [2.45, 2.75) is 25.7 Å². The summed E-state index contributed by atoms with van der Waals surface area (Å²) in [6, 6.07) is 28.7. The summed E-state index contributed by atoms with van der Waals surface area (Å²) < 4.78 is 0.963. The molecule has 4 heteroatoms. The summed E-state index contributed by atoms with van der Waals surface area (Å²) in [7, 11) is 0. The number of phenols is 2. The van der Waals surface area contributed by atoms with Crippen molar-refractivity contribution >= 4 is 32.5 Å². The van der Waals surface area contributed by atoms with Crippen LogP contribution in [0.3, 0.4) is 0 Å². The Hall–Kier alpha value is -3.89. The predicted octanol–water partition coefficient (Wildman–Crippen LogP) is 8.36. The minimum atomic E-state index is -0.106. The lowest BCUT2D eigenvalue weighted by molar-refractivity contribution is 0.103. The second-order valence-electron chi connectivity index (χ2n) is 9.64. The van der Waals surface area contributed by atoms with Gasteiger partial charge in [-0.05, 0) is 87.0 Å². The molecule has 0 amide bonds. The first-order valence-electron chi connectivity index (χ1n) is 12.5. The van der Waals surface area contributed by atoms with E-state index in [4.69, 9.17) is 0 Å². The molecule has 6 rings (SSSR count). The summed E-state index contributed by atoms with van der Waals surface area (Å²) >= 11 is 3.64. The summed E-state index contributed by atoms with van der Waals surface area (Å²) in [6.45, 7) is 2.14. The van der Waals surface area contributed by atoms with Crippen LogP contribution in [0.1, 0.15) is 57.4 Å². The van der Waals surface area contributed by atoms with E-state index in [2.05, 4.69) is 35.0 Å². The first-order valence-corrected chi connectivity index (χ1v) is 13.3. The van der Waals surface area contributed by atoms with Crippen LogP contribution in [-0.4, -0.2) is 16.0 Å². The average molecular weight is 549 g/mol. The second kappa shape index (κ2) is 9.20. The third kappa shape index (κ3) is 4.02. The fraction of sp³-hybridized carbons (Fsp3) is 0.121. The van der Waals surface area contributed by atoms with Gasteiger partial charge in [-0.3, -0.25) is 4.79 Å². The van der Waals surface area contributed by atoms with Gasteiger partial charge in [0.2, 0.25) is 0 Å². The van der Waals surface area contributed by atoms with Gasteiger partial charge in [-0.2, -0.15) is 0 Å². The Morgan fingerprint density at radius 3 is 2.24 bits per heavy atom. The van der Waals surface area contributed by atoms with Crippen molar-refractivity contribution in [3.8, 4) is 22.6 Å². The van der Waals surface area contributed by atoms with Gasteiger partial charge in [-0.1, -0.05) is 83.9 Å². The summed E-state index contributed by atoms with van der Waals surface area (Å²) in [5.74, 6) is 0.325. The number of fused-ring (bicyclic) bond motifs is 5. The first-order chi connectivity index (χ1) is 17.9. The summed E-state index contributed by atoms with van der Waals surface area (Å²) in [4.78, 5) is 13.6. The standard InChI is InChI=1S/C33H25BrO3/c1-2-3-19-4-5-23(18-30(19)34)33(37)22-9-13-27-28-14-8-21-16-25(36)12-15-26(21)32(28)31(29(27)17-22)20-6-10-24(35)11-7-20/h4-18,31,35-36H,2-3H2,1H3. The zero-order chi connectivity index (χ0) is 25.7. The SMILES string of the molecule is CCCc1ccc(C(=O)c2ccc3c(c2)C(c2ccc(O)cc2)c2c-3ccc3cc(O)ccc23)cc1Br. The van der Waals surface area contributed by atoms with E-state index in [1.165, 1.54) is 5.56 Å². The van der Waals surface area contributed by atoms with Crippen LogP contribution in [0, 0.1) is 0 Å². The molecule has 1 aliphatic carbocycles. The van der Waals surface area contributed by atoms with E-state index in [0.29, 0.717) is 11.1 Å². The number of rotatable bonds is 5. The van der Waals surface area contributed by atoms with Gasteiger partial charge < -0.3 is 10.2 Å². The van der Waals surface area contributed by atoms with Crippen molar-refractivity contribution in [3.05, 3.63) is 129 Å². The van der Waals surface area contributed by atoms with E-state index in [9.17, 15) is 15.0 Å². The number of hydrogen-bond donors (Lipinski definition) is 2. The molecule has 0 spiro atoms. The lowest BCUT2D eigenvalue weighted by atomic mass is 9.86. The second-order valence-corrected chi connectivity index (χ2v) is 10.5. The number of aryl methyl sites for hydroxylation is 1. The Kier molecular flexibility index (Phi) is 5.85. The normalized spacial score (nSPS) is 13.9. The van der Waals surface area contributed by atoms with Crippen LogP contribution >= 0.6 is 15.9 Å². The highest BCUT2D eigenvalue weighted by Crippen LogP contribution is 2.51. The Bertz CT molecular complexity index is 1690. The fourth-order valence-electron chi connectivity index (χ4n) is 5.57. The highest BCUT2D eigenvalue weighted by atomic mass is 79.9. The highest BCUT2D eigenvalue weighted by molar-refractivity contribution is 9.10. The van der Waals surface area contributed by atoms with Crippen molar-refractivity contribution in [1.82, 2.24) is 0 Å². The van der Waals surface area contributed by atoms with E-state index in [0.717, 1.165) is 55.9 Å².